The fourth-order valence-electron chi connectivity index (χ4n) is 4.14. The summed E-state index contributed by atoms with van der Waals surface area (Å²) >= 11 is 0. The van der Waals surface area contributed by atoms with E-state index in [-0.39, 0.29) is 11.8 Å². The molecule has 0 fully saturated rings. The van der Waals surface area contributed by atoms with Gasteiger partial charge >= 0.3 is 0 Å². The molecule has 0 spiro atoms. The Morgan fingerprint density at radius 2 is 1.74 bits per heavy atom. The minimum atomic E-state index is -1.06. The molecular formula is C24H21N5O2. The molecule has 2 aliphatic rings. The summed E-state index contributed by atoms with van der Waals surface area (Å²) in [7, 11) is 0. The lowest BCUT2D eigenvalue weighted by molar-refractivity contribution is -0.120. The first-order chi connectivity index (χ1) is 15.0. The molecule has 2 amide bonds. The van der Waals surface area contributed by atoms with Gasteiger partial charge < -0.3 is 21.7 Å². The second-order valence-corrected chi connectivity index (χ2v) is 7.66. The van der Waals surface area contributed by atoms with Gasteiger partial charge in [-0.15, -0.1) is 0 Å². The van der Waals surface area contributed by atoms with E-state index in [1.54, 1.807) is 29.2 Å². The number of nitrogens with zero attached hydrogens (tertiary/aromatic N) is 2. The van der Waals surface area contributed by atoms with Gasteiger partial charge in [-0.3, -0.25) is 9.59 Å². The lowest BCUT2D eigenvalue weighted by Gasteiger charge is -2.21. The number of aliphatic imine (C=N–C) groups is 1. The van der Waals surface area contributed by atoms with Crippen molar-refractivity contribution in [1.29, 1.82) is 0 Å². The molecule has 2 heterocycles. The largest absolute Gasteiger partial charge is 0.399 e. The van der Waals surface area contributed by atoms with Crippen LogP contribution in [0.2, 0.25) is 0 Å². The smallest absolute Gasteiger partial charge is 0.272 e. The number of anilines is 3. The van der Waals surface area contributed by atoms with E-state index in [9.17, 15) is 9.59 Å². The molecule has 1 atom stereocenters. The number of nitrogen functional groups attached to an aromatic ring is 2. The van der Waals surface area contributed by atoms with E-state index in [1.807, 2.05) is 42.5 Å². The molecule has 7 heteroatoms. The van der Waals surface area contributed by atoms with Crippen molar-refractivity contribution in [1.82, 2.24) is 5.32 Å². The molecule has 0 aromatic heterocycles. The van der Waals surface area contributed by atoms with Crippen LogP contribution in [0.25, 0.3) is 0 Å². The van der Waals surface area contributed by atoms with Crippen LogP contribution in [0.5, 0.6) is 0 Å². The highest BCUT2D eigenvalue weighted by molar-refractivity contribution is 6.21. The van der Waals surface area contributed by atoms with Gasteiger partial charge in [-0.2, -0.15) is 0 Å². The topological polar surface area (TPSA) is 114 Å². The predicted octanol–water partition coefficient (Wildman–Crippen LogP) is 2.35. The maximum absolute atomic E-state index is 13.4. The molecule has 2 aliphatic heterocycles. The van der Waals surface area contributed by atoms with E-state index in [2.05, 4.69) is 5.32 Å². The van der Waals surface area contributed by atoms with Crippen LogP contribution in [0.1, 0.15) is 27.0 Å². The molecule has 7 nitrogen and oxygen atoms in total. The Balaban J connectivity index is 1.61. The van der Waals surface area contributed by atoms with E-state index in [0.29, 0.717) is 35.6 Å². The van der Waals surface area contributed by atoms with Gasteiger partial charge in [0.2, 0.25) is 6.17 Å². The van der Waals surface area contributed by atoms with E-state index in [4.69, 9.17) is 16.5 Å². The fourth-order valence-corrected chi connectivity index (χ4v) is 4.14. The molecule has 3 aromatic carbocycles. The Labute approximate surface area is 179 Å². The second kappa shape index (κ2) is 7.28. The van der Waals surface area contributed by atoms with Crippen LogP contribution < -0.4 is 21.7 Å². The third-order valence-electron chi connectivity index (χ3n) is 5.59. The average molecular weight is 411 g/mol. The zero-order chi connectivity index (χ0) is 21.5. The maximum Gasteiger partial charge on any atom is 0.272 e. The Morgan fingerprint density at radius 3 is 2.48 bits per heavy atom. The van der Waals surface area contributed by atoms with Crippen molar-refractivity contribution < 1.29 is 9.59 Å². The SMILES string of the molecule is Nc1ccc(C(=O)NC2N=C(c3ccccc3)c3cc(N)cc4c3N(CC4)C2=O)cc1. The van der Waals surface area contributed by atoms with Crippen molar-refractivity contribution in [3.05, 3.63) is 89.0 Å². The molecule has 154 valence electrons. The number of amides is 2. The van der Waals surface area contributed by atoms with Crippen molar-refractivity contribution in [2.75, 3.05) is 22.9 Å². The van der Waals surface area contributed by atoms with Crippen LogP contribution in [0.15, 0.2) is 71.7 Å². The monoisotopic (exact) mass is 411 g/mol. The number of hydrogen-bond acceptors (Lipinski definition) is 5. The molecule has 0 aliphatic carbocycles. The van der Waals surface area contributed by atoms with E-state index >= 15 is 0 Å². The first-order valence-electron chi connectivity index (χ1n) is 10.0. The molecule has 5 N–H and O–H groups in total. The highest BCUT2D eigenvalue weighted by Gasteiger charge is 2.37. The summed E-state index contributed by atoms with van der Waals surface area (Å²) < 4.78 is 0. The lowest BCUT2D eigenvalue weighted by Crippen LogP contribution is -2.46. The molecule has 3 aromatic rings. The van der Waals surface area contributed by atoms with Gasteiger partial charge in [0.1, 0.15) is 0 Å². The molecule has 31 heavy (non-hydrogen) atoms. The van der Waals surface area contributed by atoms with Crippen LogP contribution in [-0.2, 0) is 11.2 Å². The number of rotatable bonds is 3. The van der Waals surface area contributed by atoms with Crippen molar-refractivity contribution in [3.63, 3.8) is 0 Å². The predicted molar refractivity (Wildman–Crippen MR) is 121 cm³/mol. The Morgan fingerprint density at radius 1 is 1.00 bits per heavy atom. The van der Waals surface area contributed by atoms with Crippen molar-refractivity contribution in [2.24, 2.45) is 4.99 Å². The van der Waals surface area contributed by atoms with Gasteiger partial charge in [-0.05, 0) is 48.4 Å². The number of hydrogen-bond donors (Lipinski definition) is 3. The van der Waals surface area contributed by atoms with Gasteiger partial charge in [0.15, 0.2) is 0 Å². The normalized spacial score (nSPS) is 17.0. The summed E-state index contributed by atoms with van der Waals surface area (Å²) in [5.41, 5.74) is 17.6. The summed E-state index contributed by atoms with van der Waals surface area (Å²) in [6.45, 7) is 0.524. The minimum absolute atomic E-state index is 0.264. The van der Waals surface area contributed by atoms with Gasteiger partial charge in [0.05, 0.1) is 11.4 Å². The number of nitrogens with two attached hydrogens (primary N) is 2. The van der Waals surface area contributed by atoms with E-state index < -0.39 is 6.17 Å². The Bertz CT molecular complexity index is 1220. The summed E-state index contributed by atoms with van der Waals surface area (Å²) in [6.07, 6.45) is -0.348. The second-order valence-electron chi connectivity index (χ2n) is 7.66. The van der Waals surface area contributed by atoms with Gasteiger partial charge in [-0.25, -0.2) is 4.99 Å². The quantitative estimate of drug-likeness (QED) is 0.574. The average Bonchev–Trinajstić information content (AvgIpc) is 3.15. The summed E-state index contributed by atoms with van der Waals surface area (Å²) in [4.78, 5) is 32.7. The van der Waals surface area contributed by atoms with Crippen molar-refractivity contribution >= 4 is 34.6 Å². The van der Waals surface area contributed by atoms with Gasteiger partial charge in [0.25, 0.3) is 11.8 Å². The molecule has 0 bridgehead atoms. The van der Waals surface area contributed by atoms with Gasteiger partial charge in [-0.1, -0.05) is 30.3 Å². The minimum Gasteiger partial charge on any atom is -0.399 e. The molecule has 0 radical (unpaired) electrons. The fraction of sp³-hybridized carbons (Fsp3) is 0.125. The summed E-state index contributed by atoms with van der Waals surface area (Å²) in [5.74, 6) is -0.654. The third kappa shape index (κ3) is 3.30. The van der Waals surface area contributed by atoms with Crippen molar-refractivity contribution in [3.8, 4) is 0 Å². The van der Waals surface area contributed by atoms with E-state index in [1.165, 1.54) is 0 Å². The zero-order valence-corrected chi connectivity index (χ0v) is 16.7. The first-order valence-corrected chi connectivity index (χ1v) is 10.0. The Hall–Kier alpha value is -4.13. The molecular weight excluding hydrogens is 390 g/mol. The van der Waals surface area contributed by atoms with Crippen LogP contribution in [0.3, 0.4) is 0 Å². The van der Waals surface area contributed by atoms with Crippen LogP contribution in [0, 0.1) is 0 Å². The summed E-state index contributed by atoms with van der Waals surface area (Å²) in [6, 6.07) is 19.9. The number of nitrogens with one attached hydrogen (secondary N) is 1. The standard InChI is InChI=1S/C24H21N5O2/c25-17-8-6-15(7-9-17)23(30)28-22-24(31)29-11-10-16-12-18(26)13-19(21(16)29)20(27-22)14-4-2-1-3-5-14/h1-9,12-13,22H,10-11,25-26H2,(H,28,30). The maximum atomic E-state index is 13.4. The lowest BCUT2D eigenvalue weighted by atomic mass is 9.97. The van der Waals surface area contributed by atoms with Crippen LogP contribution >= 0.6 is 0 Å². The molecule has 0 saturated carbocycles. The third-order valence-corrected chi connectivity index (χ3v) is 5.59. The van der Waals surface area contributed by atoms with Crippen LogP contribution in [-0.4, -0.2) is 30.2 Å². The van der Waals surface area contributed by atoms with Gasteiger partial charge in [0, 0.05) is 34.6 Å². The number of benzene rings is 3. The number of carbonyl (C=O) groups excluding carboxylic acids is 2. The van der Waals surface area contributed by atoms with Crippen molar-refractivity contribution in [2.45, 2.75) is 12.6 Å². The Kier molecular flexibility index (Phi) is 4.43. The first kappa shape index (κ1) is 18.9. The zero-order valence-electron chi connectivity index (χ0n) is 16.7. The molecule has 5 rings (SSSR count). The van der Waals surface area contributed by atoms with Crippen LogP contribution in [0.4, 0.5) is 17.1 Å². The summed E-state index contributed by atoms with van der Waals surface area (Å²) in [5, 5.41) is 2.79. The van der Waals surface area contributed by atoms with E-state index in [0.717, 1.165) is 22.4 Å². The highest BCUT2D eigenvalue weighted by atomic mass is 16.2. The number of carbonyl (C=O) groups is 2. The molecule has 1 unspecified atom stereocenters. The highest BCUT2D eigenvalue weighted by Crippen LogP contribution is 2.37. The molecule has 0 saturated heterocycles.